The predicted octanol–water partition coefficient (Wildman–Crippen LogP) is 6.62. The average Bonchev–Trinajstić information content (AvgIpc) is 3.35. The van der Waals surface area contributed by atoms with Crippen LogP contribution in [-0.2, 0) is 12.6 Å². The third kappa shape index (κ3) is 5.05. The smallest absolute Gasteiger partial charge is 0.416 e. The van der Waals surface area contributed by atoms with E-state index in [9.17, 15) is 17.6 Å². The van der Waals surface area contributed by atoms with Crippen molar-refractivity contribution in [2.24, 2.45) is 5.92 Å². The van der Waals surface area contributed by atoms with Gasteiger partial charge in [0.25, 0.3) is 0 Å². The first kappa shape index (κ1) is 26.0. The molecule has 4 aromatic rings. The summed E-state index contributed by atoms with van der Waals surface area (Å²) in [4.78, 5) is 14.6. The van der Waals surface area contributed by atoms with E-state index in [0.717, 1.165) is 24.2 Å². The molecule has 0 bridgehead atoms. The van der Waals surface area contributed by atoms with Gasteiger partial charge in [-0.3, -0.25) is 0 Å². The molecule has 0 radical (unpaired) electrons. The molecule has 6 rings (SSSR count). The van der Waals surface area contributed by atoms with Gasteiger partial charge in [0.1, 0.15) is 18.2 Å². The van der Waals surface area contributed by atoms with Crippen molar-refractivity contribution in [3.05, 3.63) is 83.6 Å². The zero-order valence-electron chi connectivity index (χ0n) is 21.4. The number of nitrogens with one attached hydrogen (secondary N) is 1. The molecule has 208 valence electrons. The van der Waals surface area contributed by atoms with Crippen molar-refractivity contribution < 1.29 is 26.7 Å². The second-order valence-corrected chi connectivity index (χ2v) is 10.1. The number of hydrogen-bond donors (Lipinski definition) is 1. The number of nitrogens with zero attached hydrogens (tertiary/aromatic N) is 5. The lowest BCUT2D eigenvalue weighted by atomic mass is 9.82. The number of benzene rings is 2. The minimum Gasteiger partial charge on any atom is -0.486 e. The van der Waals surface area contributed by atoms with Gasteiger partial charge in [0, 0.05) is 18.9 Å². The summed E-state index contributed by atoms with van der Waals surface area (Å²) in [6.45, 7) is -0.113. The van der Waals surface area contributed by atoms with Crippen molar-refractivity contribution in [3.8, 4) is 11.4 Å². The highest BCUT2D eigenvalue weighted by Crippen LogP contribution is 2.42. The van der Waals surface area contributed by atoms with Crippen molar-refractivity contribution in [3.63, 3.8) is 0 Å². The van der Waals surface area contributed by atoms with Gasteiger partial charge in [-0.25, -0.2) is 18.7 Å². The van der Waals surface area contributed by atoms with E-state index in [4.69, 9.17) is 4.74 Å². The molecule has 1 N–H and O–H groups in total. The number of ether oxygens (including phenoxy) is 1. The zero-order chi connectivity index (χ0) is 28.0. The topological polar surface area (TPSA) is 68.1 Å². The van der Waals surface area contributed by atoms with Crippen LogP contribution in [0.15, 0.2) is 55.1 Å². The Hall–Kier alpha value is -4.22. The van der Waals surface area contributed by atoms with Crippen LogP contribution in [0.2, 0.25) is 0 Å². The molecular weight excluding hydrogens is 531 g/mol. The molecule has 0 spiro atoms. The SMILES string of the molecule is CN1c2nc(Nc3ccc(-n4cnc(CC5CCC5)c4)c(F)c3)ncc2OCC1c1ccc(F)cc1C(F)(F)F. The van der Waals surface area contributed by atoms with Gasteiger partial charge in [-0.1, -0.05) is 25.3 Å². The summed E-state index contributed by atoms with van der Waals surface area (Å²) in [6, 6.07) is 6.28. The maximum absolute atomic E-state index is 15.0. The Labute approximate surface area is 226 Å². The van der Waals surface area contributed by atoms with Gasteiger partial charge in [-0.05, 0) is 48.2 Å². The van der Waals surface area contributed by atoms with Crippen LogP contribution in [0.25, 0.3) is 5.69 Å². The maximum atomic E-state index is 15.0. The number of fused-ring (bicyclic) bond motifs is 1. The van der Waals surface area contributed by atoms with E-state index in [0.29, 0.717) is 23.4 Å². The van der Waals surface area contributed by atoms with Crippen LogP contribution in [0.1, 0.15) is 42.1 Å². The monoisotopic (exact) mass is 556 g/mol. The molecule has 1 saturated carbocycles. The maximum Gasteiger partial charge on any atom is 0.416 e. The third-order valence-electron chi connectivity index (χ3n) is 7.45. The summed E-state index contributed by atoms with van der Waals surface area (Å²) in [5.74, 6) is -0.196. The standard InChI is InChI=1S/C28H25F5N6O/c1-38-24(20-7-5-17(29)10-21(20)28(31,32)33)14-40-25-12-34-27(37-26(25)38)36-18-6-8-23(22(30)11-18)39-13-19(35-15-39)9-16-3-2-4-16/h5-8,10-13,15-16,24H,2-4,9,14H2,1H3,(H,34,36,37). The summed E-state index contributed by atoms with van der Waals surface area (Å²) >= 11 is 0. The molecule has 0 saturated heterocycles. The van der Waals surface area contributed by atoms with Crippen molar-refractivity contribution in [1.29, 1.82) is 0 Å². The summed E-state index contributed by atoms with van der Waals surface area (Å²) in [7, 11) is 1.57. The second kappa shape index (κ2) is 10.1. The van der Waals surface area contributed by atoms with Gasteiger partial charge >= 0.3 is 6.18 Å². The Morgan fingerprint density at radius 1 is 1.07 bits per heavy atom. The van der Waals surface area contributed by atoms with E-state index < -0.39 is 29.4 Å². The summed E-state index contributed by atoms with van der Waals surface area (Å²) in [6.07, 6.45) is 4.64. The van der Waals surface area contributed by atoms with E-state index in [1.807, 2.05) is 6.20 Å². The van der Waals surface area contributed by atoms with Crippen LogP contribution in [0, 0.1) is 17.6 Å². The van der Waals surface area contributed by atoms with E-state index in [2.05, 4.69) is 20.3 Å². The first-order chi connectivity index (χ1) is 19.2. The molecule has 12 heteroatoms. The van der Waals surface area contributed by atoms with Crippen LogP contribution >= 0.6 is 0 Å². The zero-order valence-corrected chi connectivity index (χ0v) is 21.4. The van der Waals surface area contributed by atoms with Gasteiger partial charge in [-0.15, -0.1) is 0 Å². The van der Waals surface area contributed by atoms with Crippen molar-refractivity contribution in [2.45, 2.75) is 37.9 Å². The lowest BCUT2D eigenvalue weighted by Crippen LogP contribution is -2.35. The molecule has 7 nitrogen and oxygen atoms in total. The lowest BCUT2D eigenvalue weighted by molar-refractivity contribution is -0.138. The van der Waals surface area contributed by atoms with E-state index in [1.165, 1.54) is 36.4 Å². The molecule has 1 unspecified atom stereocenters. The Morgan fingerprint density at radius 3 is 2.62 bits per heavy atom. The van der Waals surface area contributed by atoms with Gasteiger partial charge in [0.15, 0.2) is 11.6 Å². The Balaban J connectivity index is 1.21. The van der Waals surface area contributed by atoms with Crippen LogP contribution in [0.4, 0.5) is 39.4 Å². The summed E-state index contributed by atoms with van der Waals surface area (Å²) in [5, 5.41) is 2.94. The summed E-state index contributed by atoms with van der Waals surface area (Å²) < 4.78 is 77.0. The van der Waals surface area contributed by atoms with Gasteiger partial charge in [0.2, 0.25) is 5.95 Å². The number of imidazole rings is 1. The molecule has 1 fully saturated rings. The van der Waals surface area contributed by atoms with Gasteiger partial charge in [-0.2, -0.15) is 18.2 Å². The molecule has 2 aromatic heterocycles. The number of anilines is 3. The molecule has 40 heavy (non-hydrogen) atoms. The van der Waals surface area contributed by atoms with Gasteiger partial charge < -0.3 is 19.5 Å². The molecule has 1 aliphatic carbocycles. The fraction of sp³-hybridized carbons (Fsp3) is 0.321. The van der Waals surface area contributed by atoms with Crippen LogP contribution in [0.5, 0.6) is 5.75 Å². The minimum atomic E-state index is -4.75. The molecular formula is C28H25F5N6O. The quantitative estimate of drug-likeness (QED) is 0.270. The van der Waals surface area contributed by atoms with E-state index in [1.54, 1.807) is 30.1 Å². The van der Waals surface area contributed by atoms with Crippen LogP contribution < -0.4 is 15.0 Å². The Bertz CT molecular complexity index is 1550. The van der Waals surface area contributed by atoms with Gasteiger partial charge in [0.05, 0.1) is 35.5 Å². The molecule has 2 aromatic carbocycles. The Morgan fingerprint density at radius 2 is 1.90 bits per heavy atom. The Kier molecular flexibility index (Phi) is 6.55. The first-order valence-electron chi connectivity index (χ1n) is 12.8. The molecule has 1 aliphatic heterocycles. The van der Waals surface area contributed by atoms with E-state index >= 15 is 4.39 Å². The number of likely N-dealkylation sites (N-methyl/N-ethyl adjacent to an activating group) is 1. The molecule has 0 amide bonds. The minimum absolute atomic E-state index is 0.0996. The van der Waals surface area contributed by atoms with Crippen molar-refractivity contribution in [2.75, 3.05) is 23.9 Å². The molecule has 2 aliphatic rings. The highest BCUT2D eigenvalue weighted by molar-refractivity contribution is 5.62. The molecule has 1 atom stereocenters. The highest BCUT2D eigenvalue weighted by Gasteiger charge is 2.39. The van der Waals surface area contributed by atoms with Crippen molar-refractivity contribution >= 4 is 17.5 Å². The van der Waals surface area contributed by atoms with Crippen LogP contribution in [0.3, 0.4) is 0 Å². The third-order valence-corrected chi connectivity index (χ3v) is 7.45. The summed E-state index contributed by atoms with van der Waals surface area (Å²) in [5.41, 5.74) is 0.446. The number of halogens is 5. The number of aromatic nitrogens is 4. The largest absolute Gasteiger partial charge is 0.486 e. The lowest BCUT2D eigenvalue weighted by Gasteiger charge is -2.36. The number of rotatable bonds is 6. The fourth-order valence-corrected chi connectivity index (χ4v) is 5.08. The second-order valence-electron chi connectivity index (χ2n) is 10.1. The van der Waals surface area contributed by atoms with E-state index in [-0.39, 0.29) is 29.7 Å². The fourth-order valence-electron chi connectivity index (χ4n) is 5.08. The first-order valence-corrected chi connectivity index (χ1v) is 12.8. The number of hydrogen-bond acceptors (Lipinski definition) is 6. The highest BCUT2D eigenvalue weighted by atomic mass is 19.4. The van der Waals surface area contributed by atoms with Crippen LogP contribution in [-0.4, -0.2) is 33.2 Å². The number of alkyl halides is 3. The normalized spacial score (nSPS) is 17.2. The predicted molar refractivity (Wildman–Crippen MR) is 138 cm³/mol. The van der Waals surface area contributed by atoms with Crippen molar-refractivity contribution in [1.82, 2.24) is 19.5 Å². The average molecular weight is 557 g/mol. The molecule has 3 heterocycles.